The maximum Gasteiger partial charge on any atom is 0.335 e. The number of aromatic carboxylic acids is 2. The van der Waals surface area contributed by atoms with Gasteiger partial charge in [-0.2, -0.15) is 15.1 Å². The zero-order chi connectivity index (χ0) is 36.9. The number of aliphatic hydroxyl groups excluding tert-OH is 1. The first-order chi connectivity index (χ1) is 23.4. The highest BCUT2D eigenvalue weighted by molar-refractivity contribution is 6.06. The molecule has 13 nitrogen and oxygen atoms in total. The van der Waals surface area contributed by atoms with Gasteiger partial charge in [0.25, 0.3) is 0 Å². The number of nitrogens with zero attached hydrogens (tertiary/aromatic N) is 4. The lowest BCUT2D eigenvalue weighted by atomic mass is 9.74. The Morgan fingerprint density at radius 2 is 1.52 bits per heavy atom. The van der Waals surface area contributed by atoms with E-state index in [0.29, 0.717) is 33.9 Å². The van der Waals surface area contributed by atoms with Gasteiger partial charge in [0.15, 0.2) is 18.5 Å². The topological polar surface area (TPSA) is 229 Å². The van der Waals surface area contributed by atoms with Crippen LogP contribution in [0.5, 0.6) is 0 Å². The fourth-order valence-electron chi connectivity index (χ4n) is 6.88. The van der Waals surface area contributed by atoms with E-state index in [2.05, 4.69) is 0 Å². The van der Waals surface area contributed by atoms with Crippen LogP contribution in [0.15, 0.2) is 82.3 Å². The molecule has 3 aliphatic rings. The molecule has 5 rings (SSSR count). The lowest BCUT2D eigenvalue weighted by Gasteiger charge is -2.36. The normalized spacial score (nSPS) is 18.6. The SMILES string of the molecule is CC1(C)C(/C=C2C([O-])=C(/C=C3\N(CCC(O)O)c4ccc(C(=O)O)cc4C3(C)C)C\2=C(C#N)C#N)=[N+](CCC(=O)O)c2ccc(C(=O)O)cc21. The molecule has 13 heteroatoms. The Balaban J connectivity index is 1.73. The molecule has 2 aromatic rings. The Hall–Kier alpha value is -6.02. The van der Waals surface area contributed by atoms with Gasteiger partial charge in [0.2, 0.25) is 5.69 Å². The van der Waals surface area contributed by atoms with Gasteiger partial charge in [-0.1, -0.05) is 19.6 Å². The Morgan fingerprint density at radius 1 is 0.920 bits per heavy atom. The van der Waals surface area contributed by atoms with E-state index in [1.54, 1.807) is 35.5 Å². The van der Waals surface area contributed by atoms with Gasteiger partial charge in [0.1, 0.15) is 24.1 Å². The lowest BCUT2D eigenvalue weighted by molar-refractivity contribution is -0.436. The summed E-state index contributed by atoms with van der Waals surface area (Å²) in [5, 5.41) is 82.2. The van der Waals surface area contributed by atoms with E-state index in [1.165, 1.54) is 36.4 Å². The van der Waals surface area contributed by atoms with Crippen molar-refractivity contribution in [2.45, 2.75) is 57.7 Å². The molecular formula is C37H34N4O9. The third-order valence-corrected chi connectivity index (χ3v) is 9.50. The number of fused-ring (bicyclic) bond motifs is 2. The average Bonchev–Trinajstić information content (AvgIpc) is 3.40. The fraction of sp³-hybridized carbons (Fsp3) is 0.297. The van der Waals surface area contributed by atoms with Crippen molar-refractivity contribution in [2.75, 3.05) is 18.0 Å². The van der Waals surface area contributed by atoms with Crippen molar-refractivity contribution < 1.29 is 49.6 Å². The number of nitriles is 2. The minimum Gasteiger partial charge on any atom is -0.872 e. The van der Waals surface area contributed by atoms with Crippen molar-refractivity contribution in [1.29, 1.82) is 10.5 Å². The predicted molar refractivity (Wildman–Crippen MR) is 177 cm³/mol. The number of aliphatic hydroxyl groups is 2. The van der Waals surface area contributed by atoms with E-state index >= 15 is 0 Å². The molecule has 0 radical (unpaired) electrons. The second kappa shape index (κ2) is 12.8. The summed E-state index contributed by atoms with van der Waals surface area (Å²) in [5.41, 5.74) is 1.34. The Bertz CT molecular complexity index is 2100. The molecule has 0 amide bonds. The van der Waals surface area contributed by atoms with Crippen molar-refractivity contribution in [3.8, 4) is 12.1 Å². The molecule has 2 heterocycles. The van der Waals surface area contributed by atoms with Crippen LogP contribution in [0.4, 0.5) is 11.4 Å². The number of carbonyl (C=O) groups is 3. The number of rotatable bonds is 10. The Kier molecular flexibility index (Phi) is 9.02. The molecule has 0 fully saturated rings. The summed E-state index contributed by atoms with van der Waals surface area (Å²) in [7, 11) is 0. The van der Waals surface area contributed by atoms with Crippen LogP contribution < -0.4 is 10.0 Å². The Morgan fingerprint density at radius 3 is 2.08 bits per heavy atom. The van der Waals surface area contributed by atoms with Gasteiger partial charge in [-0.15, -0.1) is 0 Å². The molecular weight excluding hydrogens is 644 g/mol. The third-order valence-electron chi connectivity index (χ3n) is 9.50. The summed E-state index contributed by atoms with van der Waals surface area (Å²) in [6.45, 7) is 7.31. The summed E-state index contributed by atoms with van der Waals surface area (Å²) in [4.78, 5) is 37.0. The molecule has 0 bridgehead atoms. The van der Waals surface area contributed by atoms with E-state index < -0.39 is 40.8 Å². The van der Waals surface area contributed by atoms with Crippen LogP contribution >= 0.6 is 0 Å². The zero-order valence-electron chi connectivity index (χ0n) is 27.7. The lowest BCUT2D eigenvalue weighted by Crippen LogP contribution is -2.33. The van der Waals surface area contributed by atoms with E-state index in [9.17, 15) is 55.5 Å². The second-order valence-corrected chi connectivity index (χ2v) is 13.2. The van der Waals surface area contributed by atoms with Crippen molar-refractivity contribution >= 4 is 35.0 Å². The maximum atomic E-state index is 14.1. The molecule has 2 aromatic carbocycles. The number of benzene rings is 2. The van der Waals surface area contributed by atoms with Crippen LogP contribution in [-0.2, 0) is 15.6 Å². The molecule has 256 valence electrons. The van der Waals surface area contributed by atoms with Gasteiger partial charge in [0, 0.05) is 53.0 Å². The standard InChI is InChI=1S/C37H34N4O9/c1-36(2)24-13-19(34(47)48)5-7-26(24)40(11-9-30(42)43)28(36)15-22-32(21(17-38)18-39)23(33(22)46)16-29-37(3,4)25-14-20(35(49)50)6-8-27(25)41(29)12-10-31(44)45/h5-8,13-16,30,42-43H,9-12H2,1-4H3,(H3-,44,45,46,47,48,49,50). The second-order valence-electron chi connectivity index (χ2n) is 13.2. The molecule has 2 aliphatic heterocycles. The summed E-state index contributed by atoms with van der Waals surface area (Å²) in [6.07, 6.45) is 1.04. The number of anilines is 1. The van der Waals surface area contributed by atoms with Crippen molar-refractivity contribution in [3.05, 3.63) is 105 Å². The summed E-state index contributed by atoms with van der Waals surface area (Å²) >= 11 is 0. The van der Waals surface area contributed by atoms with Gasteiger partial charge < -0.3 is 35.5 Å². The number of allylic oxidation sites excluding steroid dienone is 6. The van der Waals surface area contributed by atoms with Gasteiger partial charge in [-0.25, -0.2) is 9.59 Å². The van der Waals surface area contributed by atoms with Crippen LogP contribution in [0.2, 0.25) is 0 Å². The van der Waals surface area contributed by atoms with Crippen molar-refractivity contribution in [2.24, 2.45) is 0 Å². The van der Waals surface area contributed by atoms with Crippen LogP contribution in [0, 0.1) is 22.7 Å². The highest BCUT2D eigenvalue weighted by Crippen LogP contribution is 2.51. The van der Waals surface area contributed by atoms with Gasteiger partial charge in [-0.3, -0.25) is 4.79 Å². The van der Waals surface area contributed by atoms with E-state index in [-0.39, 0.29) is 59.4 Å². The largest absolute Gasteiger partial charge is 0.872 e. The van der Waals surface area contributed by atoms with Gasteiger partial charge in [-0.05, 0) is 67.0 Å². The first-order valence-electron chi connectivity index (χ1n) is 15.6. The van der Waals surface area contributed by atoms with Gasteiger partial charge in [0.05, 0.1) is 16.5 Å². The van der Waals surface area contributed by atoms with Crippen LogP contribution in [0.1, 0.15) is 72.4 Å². The predicted octanol–water partition coefficient (Wildman–Crippen LogP) is 3.21. The highest BCUT2D eigenvalue weighted by atomic mass is 16.5. The summed E-state index contributed by atoms with van der Waals surface area (Å²) in [6, 6.07) is 12.8. The van der Waals surface area contributed by atoms with Crippen LogP contribution in [-0.4, -0.2) is 73.1 Å². The van der Waals surface area contributed by atoms with Gasteiger partial charge >= 0.3 is 17.9 Å². The monoisotopic (exact) mass is 678 g/mol. The number of aliphatic carboxylic acids is 1. The molecule has 5 N–H and O–H groups in total. The Labute approximate surface area is 287 Å². The quantitative estimate of drug-likeness (QED) is 0.139. The molecule has 0 spiro atoms. The maximum absolute atomic E-state index is 14.1. The number of hydrogen-bond donors (Lipinski definition) is 5. The number of hydrogen-bond acceptors (Lipinski definition) is 9. The third kappa shape index (κ3) is 5.83. The minimum atomic E-state index is -1.65. The van der Waals surface area contributed by atoms with E-state index in [1.807, 2.05) is 26.0 Å². The molecule has 0 aromatic heterocycles. The minimum absolute atomic E-state index is 0.00897. The van der Waals surface area contributed by atoms with E-state index in [4.69, 9.17) is 0 Å². The van der Waals surface area contributed by atoms with E-state index in [0.717, 1.165) is 0 Å². The molecule has 0 saturated heterocycles. The average molecular weight is 679 g/mol. The zero-order valence-corrected chi connectivity index (χ0v) is 27.7. The summed E-state index contributed by atoms with van der Waals surface area (Å²) in [5.74, 6) is -3.87. The first-order valence-corrected chi connectivity index (χ1v) is 15.6. The van der Waals surface area contributed by atoms with Crippen molar-refractivity contribution in [1.82, 2.24) is 0 Å². The molecule has 1 aliphatic carbocycles. The van der Waals surface area contributed by atoms with Crippen LogP contribution in [0.25, 0.3) is 0 Å². The number of carboxylic acids is 3. The van der Waals surface area contributed by atoms with Crippen LogP contribution in [0.3, 0.4) is 0 Å². The number of carboxylic acid groups (broad SMARTS) is 3. The summed E-state index contributed by atoms with van der Waals surface area (Å²) < 4.78 is 1.69. The van der Waals surface area contributed by atoms with Crippen molar-refractivity contribution in [3.63, 3.8) is 0 Å². The first kappa shape index (κ1) is 35.3. The highest BCUT2D eigenvalue weighted by Gasteiger charge is 2.47. The molecule has 0 unspecified atom stereocenters. The smallest absolute Gasteiger partial charge is 0.335 e. The molecule has 0 atom stereocenters. The molecule has 50 heavy (non-hydrogen) atoms. The molecule has 0 saturated carbocycles. The fourth-order valence-corrected chi connectivity index (χ4v) is 6.88.